The second-order valence-corrected chi connectivity index (χ2v) is 6.93. The third kappa shape index (κ3) is 4.19. The molecule has 4 rings (SSSR count). The third-order valence-electron chi connectivity index (χ3n) is 4.75. The number of nitrogens with one attached hydrogen (secondary N) is 2. The summed E-state index contributed by atoms with van der Waals surface area (Å²) < 4.78 is 42.4. The zero-order chi connectivity index (χ0) is 21.4. The van der Waals surface area contributed by atoms with Gasteiger partial charge in [-0.25, -0.2) is 4.98 Å². The number of para-hydroxylation sites is 1. The lowest BCUT2D eigenvalue weighted by Gasteiger charge is -2.21. The zero-order valence-corrected chi connectivity index (χ0v) is 15.5. The molecule has 0 bridgehead atoms. The number of halogens is 3. The van der Waals surface area contributed by atoms with Crippen LogP contribution in [0.25, 0.3) is 11.4 Å². The first kappa shape index (κ1) is 19.7. The van der Waals surface area contributed by atoms with Crippen LogP contribution in [0.3, 0.4) is 0 Å². The lowest BCUT2D eigenvalue weighted by atomic mass is 10.0. The summed E-state index contributed by atoms with van der Waals surface area (Å²) in [4.78, 5) is 31.6. The Morgan fingerprint density at radius 2 is 1.73 bits per heavy atom. The van der Waals surface area contributed by atoms with Gasteiger partial charge in [-0.3, -0.25) is 9.59 Å². The Bertz CT molecular complexity index is 1140. The normalized spacial score (nSPS) is 14.8. The summed E-state index contributed by atoms with van der Waals surface area (Å²) >= 11 is 0. The number of amides is 1. The van der Waals surface area contributed by atoms with Gasteiger partial charge in [-0.2, -0.15) is 0 Å². The van der Waals surface area contributed by atoms with Crippen LogP contribution < -0.4 is 15.6 Å². The first-order valence-corrected chi connectivity index (χ1v) is 9.10. The van der Waals surface area contributed by atoms with Crippen molar-refractivity contribution >= 4 is 5.91 Å². The maximum absolute atomic E-state index is 12.8. The SMILES string of the molecule is O=C(NC1(c2ccccc2OC(F)(F)F)CC1)c1cc(=O)[nH]c(-c2ccccc2)n1. The summed E-state index contributed by atoms with van der Waals surface area (Å²) in [5.41, 5.74) is -0.799. The molecule has 1 heterocycles. The molecule has 9 heteroatoms. The highest BCUT2D eigenvalue weighted by atomic mass is 19.4. The standard InChI is InChI=1S/C21H16F3N3O3/c22-21(23,24)30-16-9-5-4-8-14(16)20(10-11-20)27-19(29)15-12-17(28)26-18(25-15)13-6-2-1-3-7-13/h1-9,12H,10-11H2,(H,27,29)(H,25,26,28). The van der Waals surface area contributed by atoms with Gasteiger partial charge >= 0.3 is 6.36 Å². The van der Waals surface area contributed by atoms with E-state index in [-0.39, 0.29) is 22.8 Å². The van der Waals surface area contributed by atoms with Crippen molar-refractivity contribution in [2.24, 2.45) is 0 Å². The molecule has 0 aliphatic heterocycles. The highest BCUT2D eigenvalue weighted by Gasteiger charge is 2.49. The van der Waals surface area contributed by atoms with Crippen LogP contribution >= 0.6 is 0 Å². The van der Waals surface area contributed by atoms with Crippen molar-refractivity contribution < 1.29 is 22.7 Å². The average Bonchev–Trinajstić information content (AvgIpc) is 3.47. The summed E-state index contributed by atoms with van der Waals surface area (Å²) in [6.45, 7) is 0. The van der Waals surface area contributed by atoms with E-state index in [9.17, 15) is 22.8 Å². The summed E-state index contributed by atoms with van der Waals surface area (Å²) in [5.74, 6) is -0.803. The number of rotatable bonds is 5. The van der Waals surface area contributed by atoms with E-state index >= 15 is 0 Å². The Morgan fingerprint density at radius 1 is 1.07 bits per heavy atom. The lowest BCUT2D eigenvalue weighted by Crippen LogP contribution is -2.36. The van der Waals surface area contributed by atoms with Gasteiger partial charge in [-0.15, -0.1) is 13.2 Å². The Labute approximate surface area is 168 Å². The largest absolute Gasteiger partial charge is 0.573 e. The predicted octanol–water partition coefficient (Wildman–Crippen LogP) is 3.75. The number of H-pyrrole nitrogens is 1. The summed E-state index contributed by atoms with van der Waals surface area (Å²) in [7, 11) is 0. The van der Waals surface area contributed by atoms with Crippen molar-refractivity contribution in [1.29, 1.82) is 0 Å². The Kier molecular flexibility index (Phi) is 4.81. The molecule has 3 aromatic rings. The van der Waals surface area contributed by atoms with E-state index in [1.165, 1.54) is 18.2 Å². The van der Waals surface area contributed by atoms with Crippen molar-refractivity contribution in [3.8, 4) is 17.1 Å². The number of aromatic amines is 1. The number of hydrogen-bond donors (Lipinski definition) is 2. The summed E-state index contributed by atoms with van der Waals surface area (Å²) in [6.07, 6.45) is -3.98. The van der Waals surface area contributed by atoms with E-state index in [0.29, 0.717) is 18.4 Å². The Balaban J connectivity index is 1.63. The van der Waals surface area contributed by atoms with Crippen molar-refractivity contribution in [2.45, 2.75) is 24.7 Å². The Morgan fingerprint density at radius 3 is 2.40 bits per heavy atom. The number of carbonyl (C=O) groups is 1. The lowest BCUT2D eigenvalue weighted by molar-refractivity contribution is -0.275. The first-order valence-electron chi connectivity index (χ1n) is 9.10. The van der Waals surface area contributed by atoms with Crippen LogP contribution in [-0.2, 0) is 5.54 Å². The van der Waals surface area contributed by atoms with Crippen LogP contribution in [0.1, 0.15) is 28.9 Å². The highest BCUT2D eigenvalue weighted by molar-refractivity contribution is 5.93. The number of ether oxygens (including phenoxy) is 1. The molecule has 1 amide bonds. The van der Waals surface area contributed by atoms with Crippen LogP contribution in [0.5, 0.6) is 5.75 Å². The van der Waals surface area contributed by atoms with E-state index in [1.807, 2.05) is 0 Å². The monoisotopic (exact) mass is 415 g/mol. The smallest absolute Gasteiger partial charge is 0.405 e. The molecule has 0 saturated heterocycles. The van der Waals surface area contributed by atoms with Gasteiger partial charge in [-0.05, 0) is 18.9 Å². The number of carbonyl (C=O) groups excluding carboxylic acids is 1. The predicted molar refractivity (Wildman–Crippen MR) is 102 cm³/mol. The van der Waals surface area contributed by atoms with Gasteiger partial charge in [0.1, 0.15) is 17.3 Å². The fourth-order valence-corrected chi connectivity index (χ4v) is 3.25. The zero-order valence-electron chi connectivity index (χ0n) is 15.5. The third-order valence-corrected chi connectivity index (χ3v) is 4.75. The fourth-order valence-electron chi connectivity index (χ4n) is 3.25. The van der Waals surface area contributed by atoms with Crippen LogP contribution in [-0.4, -0.2) is 22.2 Å². The molecule has 0 unspecified atom stereocenters. The van der Waals surface area contributed by atoms with Gasteiger partial charge < -0.3 is 15.0 Å². The minimum absolute atomic E-state index is 0.127. The van der Waals surface area contributed by atoms with Crippen molar-refractivity contribution in [1.82, 2.24) is 15.3 Å². The van der Waals surface area contributed by atoms with Crippen LogP contribution in [0.2, 0.25) is 0 Å². The van der Waals surface area contributed by atoms with E-state index in [2.05, 4.69) is 20.0 Å². The summed E-state index contributed by atoms with van der Waals surface area (Å²) in [6, 6.07) is 15.5. The molecule has 1 aliphatic rings. The molecule has 1 saturated carbocycles. The highest BCUT2D eigenvalue weighted by Crippen LogP contribution is 2.49. The molecule has 1 aliphatic carbocycles. The molecule has 6 nitrogen and oxygen atoms in total. The second kappa shape index (κ2) is 7.33. The molecule has 1 aromatic heterocycles. The molecule has 154 valence electrons. The topological polar surface area (TPSA) is 84.1 Å². The van der Waals surface area contributed by atoms with Gasteiger partial charge in [0.2, 0.25) is 0 Å². The number of nitrogens with zero attached hydrogens (tertiary/aromatic N) is 1. The molecule has 1 fully saturated rings. The van der Waals surface area contributed by atoms with E-state index < -0.39 is 23.4 Å². The average molecular weight is 415 g/mol. The van der Waals surface area contributed by atoms with Gasteiger partial charge in [0, 0.05) is 17.2 Å². The second-order valence-electron chi connectivity index (χ2n) is 6.93. The van der Waals surface area contributed by atoms with Gasteiger partial charge in [0.25, 0.3) is 11.5 Å². The Hall–Kier alpha value is -3.62. The van der Waals surface area contributed by atoms with Gasteiger partial charge in [0.15, 0.2) is 0 Å². The summed E-state index contributed by atoms with van der Waals surface area (Å²) in [5, 5.41) is 2.73. The van der Waals surface area contributed by atoms with Crippen LogP contribution in [0, 0.1) is 0 Å². The van der Waals surface area contributed by atoms with Crippen molar-refractivity contribution in [3.63, 3.8) is 0 Å². The molecule has 2 aromatic carbocycles. The molecule has 0 atom stereocenters. The number of hydrogen-bond acceptors (Lipinski definition) is 4. The maximum Gasteiger partial charge on any atom is 0.573 e. The molecule has 0 radical (unpaired) electrons. The maximum atomic E-state index is 12.8. The van der Waals surface area contributed by atoms with E-state index in [4.69, 9.17) is 0 Å². The fraction of sp³-hybridized carbons (Fsp3) is 0.190. The van der Waals surface area contributed by atoms with E-state index in [0.717, 1.165) is 6.07 Å². The molecule has 30 heavy (non-hydrogen) atoms. The van der Waals surface area contributed by atoms with Gasteiger partial charge in [-0.1, -0.05) is 48.5 Å². The minimum atomic E-state index is -4.85. The minimum Gasteiger partial charge on any atom is -0.405 e. The van der Waals surface area contributed by atoms with Crippen molar-refractivity contribution in [3.05, 3.63) is 82.3 Å². The molecule has 0 spiro atoms. The first-order chi connectivity index (χ1) is 14.3. The van der Waals surface area contributed by atoms with E-state index in [1.54, 1.807) is 36.4 Å². The number of benzene rings is 2. The molecular formula is C21H16F3N3O3. The van der Waals surface area contributed by atoms with Gasteiger partial charge in [0.05, 0.1) is 5.54 Å². The van der Waals surface area contributed by atoms with Crippen LogP contribution in [0.4, 0.5) is 13.2 Å². The molecule has 2 N–H and O–H groups in total. The quantitative estimate of drug-likeness (QED) is 0.665. The number of alkyl halides is 3. The van der Waals surface area contributed by atoms with Crippen molar-refractivity contribution in [2.75, 3.05) is 0 Å². The molecular weight excluding hydrogens is 399 g/mol. The van der Waals surface area contributed by atoms with Crippen LogP contribution in [0.15, 0.2) is 65.5 Å². The number of aromatic nitrogens is 2.